The maximum absolute atomic E-state index is 5.59. The van der Waals surface area contributed by atoms with Gasteiger partial charge in [-0.05, 0) is 34.5 Å². The number of hydrogen-bond acceptors (Lipinski definition) is 4. The van der Waals surface area contributed by atoms with E-state index in [1.54, 1.807) is 30.8 Å². The fraction of sp³-hybridized carbons (Fsp3) is 0.333. The summed E-state index contributed by atoms with van der Waals surface area (Å²) in [5.74, 6) is 1.64. The quantitative estimate of drug-likeness (QED) is 0.330. The molecule has 2 rings (SSSR count). The van der Waals surface area contributed by atoms with Crippen LogP contribution in [0.3, 0.4) is 0 Å². The zero-order valence-electron chi connectivity index (χ0n) is 12.7. The Hall–Kier alpha value is -1.35. The molecule has 2 aromatic rings. The molecule has 0 bridgehead atoms. The van der Waals surface area contributed by atoms with Crippen molar-refractivity contribution in [1.29, 1.82) is 0 Å². The molecule has 0 aromatic carbocycles. The highest BCUT2D eigenvalue weighted by Gasteiger charge is 2.06. The highest BCUT2D eigenvalue weighted by Crippen LogP contribution is 2.08. The summed E-state index contributed by atoms with van der Waals surface area (Å²) in [6, 6.07) is 5.88. The van der Waals surface area contributed by atoms with Crippen molar-refractivity contribution in [1.82, 2.24) is 15.2 Å². The van der Waals surface area contributed by atoms with Crippen LogP contribution in [0.5, 0.6) is 5.75 Å². The van der Waals surface area contributed by atoms with E-state index >= 15 is 0 Å². The van der Waals surface area contributed by atoms with Crippen molar-refractivity contribution in [2.45, 2.75) is 6.54 Å². The summed E-state index contributed by atoms with van der Waals surface area (Å²) in [5.41, 5.74) is 1.29. The minimum absolute atomic E-state index is 0. The number of halogens is 1. The third-order valence-electron chi connectivity index (χ3n) is 2.86. The van der Waals surface area contributed by atoms with Gasteiger partial charge in [-0.15, -0.1) is 24.0 Å². The molecule has 0 saturated carbocycles. The van der Waals surface area contributed by atoms with E-state index in [2.05, 4.69) is 37.0 Å². The van der Waals surface area contributed by atoms with Crippen LogP contribution in [0.2, 0.25) is 0 Å². The van der Waals surface area contributed by atoms with Gasteiger partial charge in [0, 0.05) is 26.8 Å². The molecule has 7 heteroatoms. The molecule has 5 nitrogen and oxygen atoms in total. The van der Waals surface area contributed by atoms with Crippen molar-refractivity contribution in [2.24, 2.45) is 4.99 Å². The zero-order valence-corrected chi connectivity index (χ0v) is 15.9. The second-order valence-corrected chi connectivity index (χ2v) is 5.28. The van der Waals surface area contributed by atoms with Gasteiger partial charge in [-0.1, -0.05) is 0 Å². The van der Waals surface area contributed by atoms with E-state index < -0.39 is 0 Å². The summed E-state index contributed by atoms with van der Waals surface area (Å²) in [4.78, 5) is 10.4. The molecule has 120 valence electrons. The number of nitrogens with one attached hydrogen (secondary N) is 1. The van der Waals surface area contributed by atoms with Crippen molar-refractivity contribution in [3.63, 3.8) is 0 Å². The lowest BCUT2D eigenvalue weighted by Gasteiger charge is -2.21. The van der Waals surface area contributed by atoms with Crippen LogP contribution in [0.15, 0.2) is 46.3 Å². The van der Waals surface area contributed by atoms with Crippen LogP contribution in [0, 0.1) is 0 Å². The fourth-order valence-corrected chi connectivity index (χ4v) is 2.54. The van der Waals surface area contributed by atoms with Gasteiger partial charge in [-0.25, -0.2) is 0 Å². The van der Waals surface area contributed by atoms with Gasteiger partial charge >= 0.3 is 0 Å². The van der Waals surface area contributed by atoms with E-state index in [-0.39, 0.29) is 24.0 Å². The van der Waals surface area contributed by atoms with Crippen molar-refractivity contribution < 1.29 is 4.74 Å². The van der Waals surface area contributed by atoms with E-state index in [0.717, 1.165) is 18.3 Å². The molecular weight excluding hydrogens is 411 g/mol. The maximum Gasteiger partial charge on any atom is 0.193 e. The van der Waals surface area contributed by atoms with Crippen molar-refractivity contribution in [2.75, 3.05) is 27.2 Å². The number of guanidine groups is 1. The van der Waals surface area contributed by atoms with Gasteiger partial charge in [0.25, 0.3) is 0 Å². The number of ether oxygens (including phenoxy) is 1. The van der Waals surface area contributed by atoms with Gasteiger partial charge < -0.3 is 15.0 Å². The van der Waals surface area contributed by atoms with Crippen LogP contribution in [-0.4, -0.2) is 43.1 Å². The predicted molar refractivity (Wildman–Crippen MR) is 102 cm³/mol. The lowest BCUT2D eigenvalue weighted by atomic mass is 10.3. The normalized spacial score (nSPS) is 10.7. The first-order chi connectivity index (χ1) is 10.3. The van der Waals surface area contributed by atoms with Crippen LogP contribution < -0.4 is 10.1 Å². The maximum atomic E-state index is 5.59. The van der Waals surface area contributed by atoms with Crippen molar-refractivity contribution in [3.05, 3.63) is 46.9 Å². The first-order valence-electron chi connectivity index (χ1n) is 6.75. The highest BCUT2D eigenvalue weighted by molar-refractivity contribution is 14.0. The molecule has 0 fully saturated rings. The van der Waals surface area contributed by atoms with E-state index in [0.29, 0.717) is 13.2 Å². The Labute approximate surface area is 152 Å². The van der Waals surface area contributed by atoms with Crippen LogP contribution >= 0.6 is 35.3 Å². The minimum Gasteiger partial charge on any atom is -0.490 e. The van der Waals surface area contributed by atoms with Crippen LogP contribution in [-0.2, 0) is 6.54 Å². The number of aromatic nitrogens is 1. The van der Waals surface area contributed by atoms with Crippen LogP contribution in [0.25, 0.3) is 0 Å². The van der Waals surface area contributed by atoms with Crippen molar-refractivity contribution in [3.8, 4) is 5.75 Å². The topological polar surface area (TPSA) is 49.8 Å². The number of nitrogens with zero attached hydrogens (tertiary/aromatic N) is 3. The number of thiophene rings is 1. The number of hydrogen-bond donors (Lipinski definition) is 1. The standard InChI is InChI=1S/C15H20N4OS.HI/c1-16-15(19(2)11-13-5-9-21-12-13)18-7-8-20-14-4-3-6-17-10-14;/h3-6,9-10,12H,7-8,11H2,1-2H3,(H,16,18);1H. The van der Waals surface area contributed by atoms with E-state index in [9.17, 15) is 0 Å². The Kier molecular flexibility index (Phi) is 8.83. The molecular formula is C15H21IN4OS. The summed E-state index contributed by atoms with van der Waals surface area (Å²) in [7, 11) is 3.81. The molecule has 0 spiro atoms. The summed E-state index contributed by atoms with van der Waals surface area (Å²) >= 11 is 1.71. The third-order valence-corrected chi connectivity index (χ3v) is 3.59. The lowest BCUT2D eigenvalue weighted by Crippen LogP contribution is -2.40. The molecule has 0 amide bonds. The largest absolute Gasteiger partial charge is 0.490 e. The van der Waals surface area contributed by atoms with Gasteiger partial charge in [-0.2, -0.15) is 11.3 Å². The monoisotopic (exact) mass is 432 g/mol. The fourth-order valence-electron chi connectivity index (χ4n) is 1.88. The Morgan fingerprint density at radius 3 is 2.95 bits per heavy atom. The molecule has 0 radical (unpaired) electrons. The molecule has 0 aliphatic heterocycles. The smallest absolute Gasteiger partial charge is 0.193 e. The molecule has 0 unspecified atom stereocenters. The molecule has 0 atom stereocenters. The lowest BCUT2D eigenvalue weighted by molar-refractivity contribution is 0.318. The van der Waals surface area contributed by atoms with Gasteiger partial charge in [0.15, 0.2) is 5.96 Å². The Morgan fingerprint density at radius 2 is 2.32 bits per heavy atom. The number of rotatable bonds is 6. The minimum atomic E-state index is 0. The van der Waals surface area contributed by atoms with Crippen molar-refractivity contribution >= 4 is 41.3 Å². The molecule has 0 aliphatic carbocycles. The van der Waals surface area contributed by atoms with Gasteiger partial charge in [0.05, 0.1) is 12.7 Å². The molecule has 2 aromatic heterocycles. The van der Waals surface area contributed by atoms with Crippen LogP contribution in [0.1, 0.15) is 5.56 Å². The van der Waals surface area contributed by atoms with E-state index in [4.69, 9.17) is 4.74 Å². The SMILES string of the molecule is CN=C(NCCOc1cccnc1)N(C)Cc1ccsc1.I. The molecule has 22 heavy (non-hydrogen) atoms. The second-order valence-electron chi connectivity index (χ2n) is 4.50. The summed E-state index contributed by atoms with van der Waals surface area (Å²) in [5, 5.41) is 7.52. The van der Waals surface area contributed by atoms with Crippen LogP contribution in [0.4, 0.5) is 0 Å². The molecule has 1 N–H and O–H groups in total. The highest BCUT2D eigenvalue weighted by atomic mass is 127. The number of pyridine rings is 1. The molecule has 2 heterocycles. The Balaban J connectivity index is 0.00000242. The van der Waals surface area contributed by atoms with Gasteiger partial charge in [-0.3, -0.25) is 9.98 Å². The van der Waals surface area contributed by atoms with Gasteiger partial charge in [0.2, 0.25) is 0 Å². The van der Waals surface area contributed by atoms with E-state index in [1.807, 2.05) is 19.2 Å². The predicted octanol–water partition coefficient (Wildman–Crippen LogP) is 2.85. The average molecular weight is 432 g/mol. The molecule has 0 aliphatic rings. The molecule has 0 saturated heterocycles. The zero-order chi connectivity index (χ0) is 14.9. The first kappa shape index (κ1) is 18.7. The second kappa shape index (κ2) is 10.4. The Bertz CT molecular complexity index is 548. The van der Waals surface area contributed by atoms with Gasteiger partial charge in [0.1, 0.15) is 12.4 Å². The summed E-state index contributed by atoms with van der Waals surface area (Å²) in [6.45, 7) is 2.10. The Morgan fingerprint density at radius 1 is 1.45 bits per heavy atom. The van der Waals surface area contributed by atoms with E-state index in [1.165, 1.54) is 5.56 Å². The first-order valence-corrected chi connectivity index (χ1v) is 7.69. The summed E-state index contributed by atoms with van der Waals surface area (Å²) < 4.78 is 5.59. The average Bonchev–Trinajstić information content (AvgIpc) is 3.01. The summed E-state index contributed by atoms with van der Waals surface area (Å²) in [6.07, 6.45) is 3.43. The number of aliphatic imine (C=N–C) groups is 1. The third kappa shape index (κ3) is 6.18.